The predicted molar refractivity (Wildman–Crippen MR) is 82.8 cm³/mol. The molecule has 2 amide bonds. The van der Waals surface area contributed by atoms with E-state index in [0.717, 1.165) is 8.95 Å². The molecule has 2 rings (SSSR count). The number of likely N-dealkylation sites (tertiary alicyclic amines) is 1. The Morgan fingerprint density at radius 2 is 2.10 bits per heavy atom. The van der Waals surface area contributed by atoms with E-state index in [1.54, 1.807) is 11.0 Å². The number of hydrogen-bond donors (Lipinski definition) is 2. The fourth-order valence-corrected chi connectivity index (χ4v) is 3.29. The summed E-state index contributed by atoms with van der Waals surface area (Å²) < 4.78 is 1.68. The summed E-state index contributed by atoms with van der Waals surface area (Å²) in [6.45, 7) is 0.846. The zero-order valence-electron chi connectivity index (χ0n) is 10.6. The van der Waals surface area contributed by atoms with Crippen molar-refractivity contribution in [3.63, 3.8) is 0 Å². The minimum absolute atomic E-state index is 0.259. The van der Waals surface area contributed by atoms with Gasteiger partial charge in [-0.2, -0.15) is 0 Å². The van der Waals surface area contributed by atoms with Gasteiger partial charge in [0.25, 0.3) is 0 Å². The van der Waals surface area contributed by atoms with Crippen LogP contribution in [-0.2, 0) is 4.79 Å². The lowest BCUT2D eigenvalue weighted by Crippen LogP contribution is -2.44. The average Bonchev–Trinajstić information content (AvgIpc) is 2.42. The molecule has 1 heterocycles. The Morgan fingerprint density at radius 1 is 1.35 bits per heavy atom. The summed E-state index contributed by atoms with van der Waals surface area (Å²) in [5.74, 6) is -1.31. The Bertz CT molecular complexity index is 536. The van der Waals surface area contributed by atoms with Gasteiger partial charge in [0.2, 0.25) is 0 Å². The van der Waals surface area contributed by atoms with Gasteiger partial charge in [0.1, 0.15) is 0 Å². The number of halogens is 2. The number of hydrogen-bond acceptors (Lipinski definition) is 2. The molecule has 1 atom stereocenters. The maximum Gasteiger partial charge on any atom is 0.321 e. The zero-order chi connectivity index (χ0) is 14.7. The van der Waals surface area contributed by atoms with Crippen molar-refractivity contribution >= 4 is 49.5 Å². The molecule has 7 heteroatoms. The fourth-order valence-electron chi connectivity index (χ4n) is 2.15. The Labute approximate surface area is 133 Å². The smallest absolute Gasteiger partial charge is 0.321 e. The van der Waals surface area contributed by atoms with Gasteiger partial charge in [0, 0.05) is 22.0 Å². The molecular weight excluding hydrogens is 392 g/mol. The number of nitrogens with one attached hydrogen (secondary N) is 1. The van der Waals surface area contributed by atoms with E-state index in [1.807, 2.05) is 12.1 Å². The lowest BCUT2D eigenvalue weighted by Gasteiger charge is -2.30. The molecule has 1 aromatic rings. The van der Waals surface area contributed by atoms with E-state index in [2.05, 4.69) is 37.2 Å². The molecule has 20 heavy (non-hydrogen) atoms. The van der Waals surface area contributed by atoms with Crippen LogP contribution in [0.1, 0.15) is 12.8 Å². The summed E-state index contributed by atoms with van der Waals surface area (Å²) in [6.07, 6.45) is 1.34. The van der Waals surface area contributed by atoms with E-state index in [9.17, 15) is 9.59 Å². The van der Waals surface area contributed by atoms with E-state index in [4.69, 9.17) is 5.11 Å². The lowest BCUT2D eigenvalue weighted by molar-refractivity contribution is -0.143. The molecule has 1 fully saturated rings. The molecule has 5 nitrogen and oxygen atoms in total. The molecule has 0 radical (unpaired) electrons. The number of amides is 2. The molecule has 1 saturated heterocycles. The molecular formula is C13H14Br2N2O3. The highest BCUT2D eigenvalue weighted by molar-refractivity contribution is 9.11. The highest BCUT2D eigenvalue weighted by Gasteiger charge is 2.28. The van der Waals surface area contributed by atoms with Crippen LogP contribution in [0.25, 0.3) is 0 Å². The molecule has 1 unspecified atom stereocenters. The van der Waals surface area contributed by atoms with Gasteiger partial charge in [-0.3, -0.25) is 4.79 Å². The normalized spacial score (nSPS) is 18.7. The molecule has 0 bridgehead atoms. The van der Waals surface area contributed by atoms with Crippen LogP contribution in [0.15, 0.2) is 27.1 Å². The number of carbonyl (C=O) groups is 2. The van der Waals surface area contributed by atoms with Crippen molar-refractivity contribution in [1.29, 1.82) is 0 Å². The van der Waals surface area contributed by atoms with E-state index < -0.39 is 11.9 Å². The largest absolute Gasteiger partial charge is 0.481 e. The highest BCUT2D eigenvalue weighted by atomic mass is 79.9. The first-order valence-corrected chi connectivity index (χ1v) is 7.80. The van der Waals surface area contributed by atoms with Gasteiger partial charge in [-0.15, -0.1) is 0 Å². The summed E-state index contributed by atoms with van der Waals surface area (Å²) in [7, 11) is 0. The highest BCUT2D eigenvalue weighted by Crippen LogP contribution is 2.27. The quantitative estimate of drug-likeness (QED) is 0.790. The molecule has 1 aliphatic heterocycles. The molecule has 0 saturated carbocycles. The third-order valence-corrected chi connectivity index (χ3v) is 4.38. The van der Waals surface area contributed by atoms with E-state index in [-0.39, 0.29) is 12.6 Å². The summed E-state index contributed by atoms with van der Waals surface area (Å²) in [5, 5.41) is 11.8. The van der Waals surface area contributed by atoms with Crippen molar-refractivity contribution in [2.45, 2.75) is 12.8 Å². The van der Waals surface area contributed by atoms with Crippen LogP contribution in [-0.4, -0.2) is 35.1 Å². The van der Waals surface area contributed by atoms with Crippen molar-refractivity contribution in [2.75, 3.05) is 18.4 Å². The second kappa shape index (κ2) is 6.58. The monoisotopic (exact) mass is 404 g/mol. The first-order valence-electron chi connectivity index (χ1n) is 6.21. The van der Waals surface area contributed by atoms with E-state index in [0.29, 0.717) is 25.1 Å². The first kappa shape index (κ1) is 15.3. The van der Waals surface area contributed by atoms with Gasteiger partial charge < -0.3 is 15.3 Å². The number of carbonyl (C=O) groups excluding carboxylic acids is 1. The number of piperidine rings is 1. The first-order chi connectivity index (χ1) is 9.47. The standard InChI is InChI=1S/C13H14Br2N2O3/c14-9-3-4-11(10(15)6-9)16-13(20)17-5-1-2-8(7-17)12(18)19/h3-4,6,8H,1-2,5,7H2,(H,16,20)(H,18,19). The zero-order valence-corrected chi connectivity index (χ0v) is 13.8. The maximum absolute atomic E-state index is 12.2. The van der Waals surface area contributed by atoms with Crippen LogP contribution in [0, 0.1) is 5.92 Å². The van der Waals surface area contributed by atoms with E-state index in [1.165, 1.54) is 0 Å². The van der Waals surface area contributed by atoms with Gasteiger partial charge in [-0.25, -0.2) is 4.79 Å². The summed E-state index contributed by atoms with van der Waals surface area (Å²) in [5.41, 5.74) is 0.663. The number of carboxylic acid groups (broad SMARTS) is 1. The third kappa shape index (κ3) is 3.73. The Balaban J connectivity index is 2.02. The Kier molecular flexibility index (Phi) is 5.04. The summed E-state index contributed by atoms with van der Waals surface area (Å²) >= 11 is 6.72. The van der Waals surface area contributed by atoms with Crippen molar-refractivity contribution in [3.8, 4) is 0 Å². The number of anilines is 1. The number of rotatable bonds is 2. The lowest BCUT2D eigenvalue weighted by atomic mass is 9.99. The molecule has 108 valence electrons. The van der Waals surface area contributed by atoms with Gasteiger partial charge in [-0.1, -0.05) is 15.9 Å². The topological polar surface area (TPSA) is 69.6 Å². The second-order valence-electron chi connectivity index (χ2n) is 4.68. The van der Waals surface area contributed by atoms with Crippen LogP contribution in [0.4, 0.5) is 10.5 Å². The van der Waals surface area contributed by atoms with Crippen molar-refractivity contribution < 1.29 is 14.7 Å². The van der Waals surface area contributed by atoms with Crippen LogP contribution < -0.4 is 5.32 Å². The molecule has 0 aromatic heterocycles. The van der Waals surface area contributed by atoms with Crippen LogP contribution in [0.5, 0.6) is 0 Å². The number of carboxylic acids is 1. The SMILES string of the molecule is O=C(O)C1CCCN(C(=O)Nc2ccc(Br)cc2Br)C1. The molecule has 1 aromatic carbocycles. The van der Waals surface area contributed by atoms with Crippen LogP contribution in [0.3, 0.4) is 0 Å². The number of aliphatic carboxylic acids is 1. The van der Waals surface area contributed by atoms with Crippen LogP contribution >= 0.6 is 31.9 Å². The van der Waals surface area contributed by atoms with E-state index >= 15 is 0 Å². The minimum atomic E-state index is -0.840. The van der Waals surface area contributed by atoms with Gasteiger partial charge >= 0.3 is 12.0 Å². The van der Waals surface area contributed by atoms with Crippen molar-refractivity contribution in [3.05, 3.63) is 27.1 Å². The molecule has 1 aliphatic rings. The summed E-state index contributed by atoms with van der Waals surface area (Å²) in [6, 6.07) is 5.19. The minimum Gasteiger partial charge on any atom is -0.481 e. The fraction of sp³-hybridized carbons (Fsp3) is 0.385. The third-order valence-electron chi connectivity index (χ3n) is 3.23. The van der Waals surface area contributed by atoms with Crippen molar-refractivity contribution in [1.82, 2.24) is 4.90 Å². The molecule has 0 spiro atoms. The maximum atomic E-state index is 12.2. The van der Waals surface area contributed by atoms with Gasteiger partial charge in [0.15, 0.2) is 0 Å². The molecule has 0 aliphatic carbocycles. The van der Waals surface area contributed by atoms with Crippen molar-refractivity contribution in [2.24, 2.45) is 5.92 Å². The second-order valence-corrected chi connectivity index (χ2v) is 6.45. The average molecular weight is 406 g/mol. The number of urea groups is 1. The predicted octanol–water partition coefficient (Wildman–Crippen LogP) is 3.54. The Morgan fingerprint density at radius 3 is 2.75 bits per heavy atom. The number of nitrogens with zero attached hydrogens (tertiary/aromatic N) is 1. The summed E-state index contributed by atoms with van der Waals surface area (Å²) in [4.78, 5) is 24.7. The van der Waals surface area contributed by atoms with Gasteiger partial charge in [-0.05, 0) is 47.0 Å². The van der Waals surface area contributed by atoms with Crippen LogP contribution in [0.2, 0.25) is 0 Å². The Hall–Kier alpha value is -1.08. The number of benzene rings is 1. The molecule has 2 N–H and O–H groups in total. The van der Waals surface area contributed by atoms with Gasteiger partial charge in [0.05, 0.1) is 11.6 Å².